The summed E-state index contributed by atoms with van der Waals surface area (Å²) in [6.07, 6.45) is 0. The van der Waals surface area contributed by atoms with Gasteiger partial charge in [0.15, 0.2) is 0 Å². The second-order valence-corrected chi connectivity index (χ2v) is 4.29. The number of benzene rings is 1. The fraction of sp³-hybridized carbons (Fsp3) is 0.588. The van der Waals surface area contributed by atoms with Crippen LogP contribution in [0, 0.1) is 0 Å². The van der Waals surface area contributed by atoms with Gasteiger partial charge in [-0.1, -0.05) is 13.8 Å². The fourth-order valence-corrected chi connectivity index (χ4v) is 1.61. The number of nitrogens with zero attached hydrogens (tertiary/aromatic N) is 1. The van der Waals surface area contributed by atoms with Crippen LogP contribution < -0.4 is 10.2 Å². The third kappa shape index (κ3) is 8.64. The van der Waals surface area contributed by atoms with E-state index in [4.69, 9.17) is 4.74 Å². The first-order valence-electron chi connectivity index (χ1n) is 7.51. The number of carbonyl (C=O) groups excluding carboxylic acids is 1. The fourth-order valence-electron chi connectivity index (χ4n) is 1.61. The van der Waals surface area contributed by atoms with Crippen LogP contribution in [-0.2, 0) is 20.9 Å². The number of hydrogen-bond donors (Lipinski definition) is 1. The minimum atomic E-state index is 0.0181. The van der Waals surface area contributed by atoms with Crippen molar-refractivity contribution in [3.05, 3.63) is 23.8 Å². The Morgan fingerprint density at radius 1 is 1.23 bits per heavy atom. The highest BCUT2D eigenvalue weighted by Crippen LogP contribution is 2.23. The van der Waals surface area contributed by atoms with Gasteiger partial charge < -0.3 is 19.7 Å². The van der Waals surface area contributed by atoms with E-state index in [9.17, 15) is 4.79 Å². The maximum atomic E-state index is 11.3. The molecular formula is C17H32N2O3. The summed E-state index contributed by atoms with van der Waals surface area (Å²) in [7, 11) is 6.68. The molecule has 0 radical (unpaired) electrons. The van der Waals surface area contributed by atoms with Crippen molar-refractivity contribution < 1.29 is 14.3 Å². The van der Waals surface area contributed by atoms with Crippen LogP contribution >= 0.6 is 0 Å². The van der Waals surface area contributed by atoms with Crippen LogP contribution in [-0.4, -0.2) is 40.8 Å². The van der Waals surface area contributed by atoms with E-state index in [0.29, 0.717) is 6.61 Å². The van der Waals surface area contributed by atoms with Gasteiger partial charge in [0.05, 0.1) is 6.61 Å². The van der Waals surface area contributed by atoms with Crippen molar-refractivity contribution in [2.75, 3.05) is 45.1 Å². The van der Waals surface area contributed by atoms with Gasteiger partial charge in [0.25, 0.3) is 0 Å². The van der Waals surface area contributed by atoms with Crippen LogP contribution in [0.15, 0.2) is 18.2 Å². The molecule has 1 amide bonds. The van der Waals surface area contributed by atoms with E-state index in [2.05, 4.69) is 10.1 Å². The Balaban J connectivity index is 0. The molecule has 0 saturated heterocycles. The van der Waals surface area contributed by atoms with Crippen molar-refractivity contribution in [1.29, 1.82) is 0 Å². The standard InChI is InChI=1S/C13H20N2O2.C2H6O.C2H6/c1-5-14-13-7-6-12(15(3)10(2)16)8-11(13)9-17-4;1-3-2;1-2/h6-8,14H,5,9H2,1-4H3;1-2H3;1-2H3. The molecule has 0 aliphatic rings. The van der Waals surface area contributed by atoms with Crippen LogP contribution in [0.3, 0.4) is 0 Å². The lowest BCUT2D eigenvalue weighted by Crippen LogP contribution is -2.23. The third-order valence-corrected chi connectivity index (χ3v) is 2.62. The van der Waals surface area contributed by atoms with Gasteiger partial charge in [-0.25, -0.2) is 0 Å². The van der Waals surface area contributed by atoms with Gasteiger partial charge >= 0.3 is 0 Å². The highest BCUT2D eigenvalue weighted by atomic mass is 16.5. The average molecular weight is 312 g/mol. The largest absolute Gasteiger partial charge is 0.388 e. The lowest BCUT2D eigenvalue weighted by atomic mass is 10.1. The van der Waals surface area contributed by atoms with Crippen LogP contribution in [0.25, 0.3) is 0 Å². The second-order valence-electron chi connectivity index (χ2n) is 4.29. The molecule has 0 bridgehead atoms. The first-order valence-corrected chi connectivity index (χ1v) is 7.51. The quantitative estimate of drug-likeness (QED) is 0.903. The number of hydrogen-bond acceptors (Lipinski definition) is 4. The molecular weight excluding hydrogens is 280 g/mol. The lowest BCUT2D eigenvalue weighted by molar-refractivity contribution is -0.116. The topological polar surface area (TPSA) is 50.8 Å². The highest BCUT2D eigenvalue weighted by molar-refractivity contribution is 5.91. The molecule has 0 unspecified atom stereocenters. The smallest absolute Gasteiger partial charge is 0.223 e. The van der Waals surface area contributed by atoms with Crippen molar-refractivity contribution >= 4 is 17.3 Å². The van der Waals surface area contributed by atoms with Crippen LogP contribution in [0.5, 0.6) is 0 Å². The summed E-state index contributed by atoms with van der Waals surface area (Å²) in [6.45, 7) is 8.99. The molecule has 0 aliphatic carbocycles. The molecule has 0 aliphatic heterocycles. The minimum absolute atomic E-state index is 0.0181. The Morgan fingerprint density at radius 3 is 2.18 bits per heavy atom. The van der Waals surface area contributed by atoms with Crippen LogP contribution in [0.2, 0.25) is 0 Å². The number of amides is 1. The Morgan fingerprint density at radius 2 is 1.77 bits per heavy atom. The number of methoxy groups -OCH3 is 2. The molecule has 1 aromatic rings. The van der Waals surface area contributed by atoms with Gasteiger partial charge in [-0.2, -0.15) is 0 Å². The molecule has 0 saturated carbocycles. The van der Waals surface area contributed by atoms with E-state index >= 15 is 0 Å². The van der Waals surface area contributed by atoms with E-state index < -0.39 is 0 Å². The molecule has 128 valence electrons. The van der Waals surface area contributed by atoms with Crippen molar-refractivity contribution in [2.24, 2.45) is 0 Å². The number of ether oxygens (including phenoxy) is 2. The first-order chi connectivity index (χ1) is 10.5. The van der Waals surface area contributed by atoms with Crippen LogP contribution in [0.1, 0.15) is 33.3 Å². The summed E-state index contributed by atoms with van der Waals surface area (Å²) in [4.78, 5) is 12.9. The molecule has 22 heavy (non-hydrogen) atoms. The monoisotopic (exact) mass is 312 g/mol. The Hall–Kier alpha value is -1.59. The Kier molecular flexibility index (Phi) is 14.8. The normalized spacial score (nSPS) is 8.91. The number of carbonyl (C=O) groups is 1. The predicted octanol–water partition coefficient (Wildman–Crippen LogP) is 3.54. The molecule has 5 heteroatoms. The van der Waals surface area contributed by atoms with Crippen LogP contribution in [0.4, 0.5) is 11.4 Å². The van der Waals surface area contributed by atoms with Gasteiger partial charge in [-0.15, -0.1) is 0 Å². The predicted molar refractivity (Wildman–Crippen MR) is 94.7 cm³/mol. The Bertz CT molecular complexity index is 409. The summed E-state index contributed by atoms with van der Waals surface area (Å²) in [6, 6.07) is 5.88. The van der Waals surface area contributed by atoms with E-state index in [1.165, 1.54) is 0 Å². The van der Waals surface area contributed by atoms with E-state index in [1.807, 2.05) is 39.0 Å². The number of rotatable bonds is 5. The Labute approximate surface area is 135 Å². The maximum Gasteiger partial charge on any atom is 0.223 e. The van der Waals surface area contributed by atoms with Gasteiger partial charge in [0.1, 0.15) is 0 Å². The van der Waals surface area contributed by atoms with Gasteiger partial charge in [-0.3, -0.25) is 4.79 Å². The maximum absolute atomic E-state index is 11.3. The zero-order valence-corrected chi connectivity index (χ0v) is 15.3. The van der Waals surface area contributed by atoms with Gasteiger partial charge in [0.2, 0.25) is 5.91 Å². The molecule has 1 rings (SSSR count). The molecule has 0 heterocycles. The number of anilines is 2. The lowest BCUT2D eigenvalue weighted by Gasteiger charge is -2.18. The zero-order chi connectivity index (χ0) is 17.5. The molecule has 1 N–H and O–H groups in total. The summed E-state index contributed by atoms with van der Waals surface area (Å²) in [5.41, 5.74) is 2.99. The first kappa shape index (κ1) is 22.7. The van der Waals surface area contributed by atoms with E-state index in [1.54, 1.807) is 40.2 Å². The highest BCUT2D eigenvalue weighted by Gasteiger charge is 2.09. The summed E-state index contributed by atoms with van der Waals surface area (Å²) >= 11 is 0. The number of nitrogens with one attached hydrogen (secondary N) is 1. The van der Waals surface area contributed by atoms with Crippen molar-refractivity contribution in [1.82, 2.24) is 0 Å². The average Bonchev–Trinajstić information content (AvgIpc) is 2.51. The van der Waals surface area contributed by atoms with E-state index in [-0.39, 0.29) is 5.91 Å². The minimum Gasteiger partial charge on any atom is -0.388 e. The molecule has 0 aromatic heterocycles. The molecule has 5 nitrogen and oxygen atoms in total. The molecule has 1 aromatic carbocycles. The van der Waals surface area contributed by atoms with Gasteiger partial charge in [0, 0.05) is 58.8 Å². The van der Waals surface area contributed by atoms with Crippen molar-refractivity contribution in [3.8, 4) is 0 Å². The second kappa shape index (κ2) is 14.4. The summed E-state index contributed by atoms with van der Waals surface area (Å²) < 4.78 is 9.42. The summed E-state index contributed by atoms with van der Waals surface area (Å²) in [5, 5.41) is 3.27. The van der Waals surface area contributed by atoms with Crippen molar-refractivity contribution in [2.45, 2.75) is 34.3 Å². The van der Waals surface area contributed by atoms with Gasteiger partial charge in [-0.05, 0) is 25.1 Å². The molecule has 0 fully saturated rings. The van der Waals surface area contributed by atoms with Crippen molar-refractivity contribution in [3.63, 3.8) is 0 Å². The zero-order valence-electron chi connectivity index (χ0n) is 15.3. The SMILES string of the molecule is CC.CCNc1ccc(N(C)C(C)=O)cc1COC.COC. The summed E-state index contributed by atoms with van der Waals surface area (Å²) in [5.74, 6) is 0.0181. The molecule has 0 spiro atoms. The van der Waals surface area contributed by atoms with E-state index in [0.717, 1.165) is 23.5 Å². The third-order valence-electron chi connectivity index (χ3n) is 2.62. The molecule has 0 atom stereocenters.